The lowest BCUT2D eigenvalue weighted by atomic mass is 10.1. The zero-order valence-corrected chi connectivity index (χ0v) is 18.6. The van der Waals surface area contributed by atoms with Gasteiger partial charge in [0.25, 0.3) is 0 Å². The lowest BCUT2D eigenvalue weighted by Gasteiger charge is -2.10. The van der Waals surface area contributed by atoms with E-state index >= 15 is 0 Å². The highest BCUT2D eigenvalue weighted by Gasteiger charge is 2.22. The number of aromatic nitrogens is 2. The topological polar surface area (TPSA) is 145 Å². The first kappa shape index (κ1) is 22.9. The summed E-state index contributed by atoms with van der Waals surface area (Å²) in [5, 5.41) is 21.7. The van der Waals surface area contributed by atoms with Crippen molar-refractivity contribution < 1.29 is 18.9 Å². The molecule has 0 bridgehead atoms. The molecule has 4 rings (SSSR count). The van der Waals surface area contributed by atoms with Gasteiger partial charge in [-0.1, -0.05) is 25.0 Å². The normalized spacial score (nSPS) is 14.2. The number of hydrazone groups is 1. The number of carbonyl (C=O) groups is 2. The number of benzene rings is 1. The van der Waals surface area contributed by atoms with Crippen molar-refractivity contribution in [2.75, 3.05) is 5.32 Å². The molecule has 0 unspecified atom stereocenters. The van der Waals surface area contributed by atoms with E-state index in [1.807, 2.05) is 12.1 Å². The van der Waals surface area contributed by atoms with E-state index in [9.17, 15) is 19.7 Å². The quantitative estimate of drug-likeness (QED) is 0.295. The maximum Gasteiger partial charge on any atom is 0.307 e. The van der Waals surface area contributed by atoms with Crippen LogP contribution in [0.15, 0.2) is 58.3 Å². The molecular weight excluding hydrogens is 440 g/mol. The van der Waals surface area contributed by atoms with E-state index in [4.69, 9.17) is 4.42 Å². The van der Waals surface area contributed by atoms with Crippen LogP contribution in [0.25, 0.3) is 0 Å². The zero-order chi connectivity index (χ0) is 24.1. The molecule has 11 nitrogen and oxygen atoms in total. The van der Waals surface area contributed by atoms with Crippen molar-refractivity contribution in [3.05, 3.63) is 76.0 Å². The monoisotopic (exact) mass is 464 g/mol. The van der Waals surface area contributed by atoms with Gasteiger partial charge in [0.1, 0.15) is 18.2 Å². The second-order valence-corrected chi connectivity index (χ2v) is 8.11. The number of amides is 2. The molecule has 176 valence electrons. The van der Waals surface area contributed by atoms with Crippen LogP contribution in [-0.4, -0.2) is 32.2 Å². The molecule has 0 radical (unpaired) electrons. The number of hydrogen-bond donors (Lipinski definition) is 2. The molecule has 1 aliphatic rings. The highest BCUT2D eigenvalue weighted by molar-refractivity contribution is 6.01. The molecule has 2 N–H and O–H groups in total. The van der Waals surface area contributed by atoms with Gasteiger partial charge in [-0.3, -0.25) is 24.4 Å². The Hall–Kier alpha value is -4.28. The predicted molar refractivity (Wildman–Crippen MR) is 123 cm³/mol. The van der Waals surface area contributed by atoms with E-state index in [2.05, 4.69) is 20.9 Å². The molecule has 3 aromatic rings. The van der Waals surface area contributed by atoms with Gasteiger partial charge in [0.2, 0.25) is 5.91 Å². The van der Waals surface area contributed by atoms with Crippen molar-refractivity contribution >= 4 is 28.9 Å². The van der Waals surface area contributed by atoms with Crippen LogP contribution in [0, 0.1) is 16.0 Å². The number of furan rings is 1. The summed E-state index contributed by atoms with van der Waals surface area (Å²) >= 11 is 0. The minimum Gasteiger partial charge on any atom is -0.454 e. The molecule has 0 aliphatic heterocycles. The molecule has 2 heterocycles. The fraction of sp³-hybridized carbons (Fsp3) is 0.304. The van der Waals surface area contributed by atoms with Crippen LogP contribution in [0.5, 0.6) is 0 Å². The summed E-state index contributed by atoms with van der Waals surface area (Å²) in [6.45, 7) is 1.90. The average molecular weight is 464 g/mol. The third-order valence-electron chi connectivity index (χ3n) is 5.66. The third kappa shape index (κ3) is 5.55. The summed E-state index contributed by atoms with van der Waals surface area (Å²) in [5.74, 6) is 0.0969. The van der Waals surface area contributed by atoms with E-state index in [0.29, 0.717) is 11.5 Å². The summed E-state index contributed by atoms with van der Waals surface area (Å²) < 4.78 is 6.85. The van der Waals surface area contributed by atoms with Gasteiger partial charge in [-0.25, -0.2) is 5.43 Å². The van der Waals surface area contributed by atoms with Gasteiger partial charge in [-0.2, -0.15) is 10.2 Å². The van der Waals surface area contributed by atoms with Crippen molar-refractivity contribution in [3.63, 3.8) is 0 Å². The standard InChI is InChI=1S/C23H24N6O5/c1-15(16-6-8-18(9-7-16)25-22(30)17-4-2-3-5-17)26-27-23(31)21-11-10-20(34-21)14-28-13-19(12-24-28)29(32)33/h6-13,17H,2-5,14H2,1H3,(H,25,30)(H,27,31). The molecule has 2 aromatic heterocycles. The predicted octanol–water partition coefficient (Wildman–Crippen LogP) is 3.72. The Balaban J connectivity index is 1.31. The van der Waals surface area contributed by atoms with Crippen molar-refractivity contribution in [3.8, 4) is 0 Å². The van der Waals surface area contributed by atoms with Crippen LogP contribution >= 0.6 is 0 Å². The lowest BCUT2D eigenvalue weighted by Crippen LogP contribution is -2.20. The van der Waals surface area contributed by atoms with Gasteiger partial charge in [0.15, 0.2) is 5.76 Å². The molecule has 0 saturated heterocycles. The van der Waals surface area contributed by atoms with Gasteiger partial charge in [0, 0.05) is 11.6 Å². The van der Waals surface area contributed by atoms with Crippen LogP contribution in [0.4, 0.5) is 11.4 Å². The first-order valence-electron chi connectivity index (χ1n) is 10.9. The summed E-state index contributed by atoms with van der Waals surface area (Å²) in [6, 6.07) is 10.3. The number of hydrogen-bond acceptors (Lipinski definition) is 7. The number of nitrogens with zero attached hydrogens (tertiary/aromatic N) is 4. The molecular formula is C23H24N6O5. The van der Waals surface area contributed by atoms with Gasteiger partial charge in [-0.05, 0) is 49.6 Å². The minimum atomic E-state index is -0.537. The number of nitrogens with one attached hydrogen (secondary N) is 2. The first-order chi connectivity index (χ1) is 16.4. The molecule has 1 aliphatic carbocycles. The van der Waals surface area contributed by atoms with Crippen molar-refractivity contribution in [1.82, 2.24) is 15.2 Å². The van der Waals surface area contributed by atoms with Crippen LogP contribution in [0.1, 0.15) is 54.5 Å². The van der Waals surface area contributed by atoms with E-state index < -0.39 is 10.8 Å². The molecule has 11 heteroatoms. The van der Waals surface area contributed by atoms with Crippen LogP contribution in [0.2, 0.25) is 0 Å². The molecule has 1 aromatic carbocycles. The second kappa shape index (κ2) is 10.1. The maximum atomic E-state index is 12.4. The van der Waals surface area contributed by atoms with Gasteiger partial charge >= 0.3 is 11.6 Å². The maximum absolute atomic E-state index is 12.4. The van der Waals surface area contributed by atoms with E-state index in [0.717, 1.165) is 43.1 Å². The molecule has 0 atom stereocenters. The zero-order valence-electron chi connectivity index (χ0n) is 18.6. The van der Waals surface area contributed by atoms with E-state index in [1.54, 1.807) is 25.1 Å². The Morgan fingerprint density at radius 1 is 1.21 bits per heavy atom. The SMILES string of the molecule is CC(=NNC(=O)c1ccc(Cn2cc([N+](=O)[O-])cn2)o1)c1ccc(NC(=O)C2CCCC2)cc1. The molecule has 1 fully saturated rings. The van der Waals surface area contributed by atoms with Crippen LogP contribution < -0.4 is 10.7 Å². The van der Waals surface area contributed by atoms with Crippen molar-refractivity contribution in [2.45, 2.75) is 39.2 Å². The molecule has 1 saturated carbocycles. The van der Waals surface area contributed by atoms with E-state index in [1.165, 1.54) is 16.9 Å². The molecule has 2 amide bonds. The van der Waals surface area contributed by atoms with Gasteiger partial charge in [-0.15, -0.1) is 0 Å². The second-order valence-electron chi connectivity index (χ2n) is 8.11. The highest BCUT2D eigenvalue weighted by Crippen LogP contribution is 2.26. The Bertz CT molecular complexity index is 1220. The fourth-order valence-corrected chi connectivity index (χ4v) is 3.76. The largest absolute Gasteiger partial charge is 0.454 e. The summed E-state index contributed by atoms with van der Waals surface area (Å²) in [4.78, 5) is 34.8. The third-order valence-corrected chi connectivity index (χ3v) is 5.66. The summed E-state index contributed by atoms with van der Waals surface area (Å²) in [5.41, 5.74) is 4.42. The highest BCUT2D eigenvalue weighted by atomic mass is 16.6. The van der Waals surface area contributed by atoms with E-state index in [-0.39, 0.29) is 29.8 Å². The number of rotatable bonds is 8. The number of carbonyl (C=O) groups excluding carboxylic acids is 2. The summed E-state index contributed by atoms with van der Waals surface area (Å²) in [7, 11) is 0. The minimum absolute atomic E-state index is 0.0539. The summed E-state index contributed by atoms with van der Waals surface area (Å²) in [6.07, 6.45) is 6.52. The number of anilines is 1. The van der Waals surface area contributed by atoms with Crippen molar-refractivity contribution in [2.24, 2.45) is 11.0 Å². The molecule has 34 heavy (non-hydrogen) atoms. The van der Waals surface area contributed by atoms with Crippen LogP contribution in [0.3, 0.4) is 0 Å². The fourth-order valence-electron chi connectivity index (χ4n) is 3.76. The smallest absolute Gasteiger partial charge is 0.307 e. The molecule has 0 spiro atoms. The average Bonchev–Trinajstić information content (AvgIpc) is 3.60. The number of nitro groups is 1. The Kier molecular flexibility index (Phi) is 6.81. The first-order valence-corrected chi connectivity index (χ1v) is 10.9. The Morgan fingerprint density at radius 2 is 1.94 bits per heavy atom. The Morgan fingerprint density at radius 3 is 2.62 bits per heavy atom. The lowest BCUT2D eigenvalue weighted by molar-refractivity contribution is -0.385. The van der Waals surface area contributed by atoms with Gasteiger partial charge in [0.05, 0.1) is 17.2 Å². The Labute approximate surface area is 195 Å². The van der Waals surface area contributed by atoms with Gasteiger partial charge < -0.3 is 9.73 Å². The van der Waals surface area contributed by atoms with Crippen LogP contribution in [-0.2, 0) is 11.3 Å². The van der Waals surface area contributed by atoms with Crippen molar-refractivity contribution in [1.29, 1.82) is 0 Å².